The highest BCUT2D eigenvalue weighted by Gasteiger charge is 2.35. The van der Waals surface area contributed by atoms with Crippen LogP contribution in [0.15, 0.2) is 48.7 Å². The molecule has 0 saturated heterocycles. The van der Waals surface area contributed by atoms with Crippen molar-refractivity contribution in [2.75, 3.05) is 6.61 Å². The van der Waals surface area contributed by atoms with Crippen molar-refractivity contribution in [1.82, 2.24) is 4.98 Å². The number of fused-ring (bicyclic) bond motifs is 1. The molecule has 0 spiro atoms. The lowest BCUT2D eigenvalue weighted by Gasteiger charge is -2.18. The van der Waals surface area contributed by atoms with Crippen LogP contribution in [0.3, 0.4) is 0 Å². The van der Waals surface area contributed by atoms with E-state index in [4.69, 9.17) is 9.47 Å². The molecule has 1 aliphatic rings. The van der Waals surface area contributed by atoms with Crippen LogP contribution in [0.2, 0.25) is 0 Å². The molecule has 1 aliphatic carbocycles. The van der Waals surface area contributed by atoms with Crippen molar-refractivity contribution in [3.8, 4) is 22.8 Å². The quantitative estimate of drug-likeness (QED) is 0.345. The number of ether oxygens (including phenoxy) is 2. The smallest absolute Gasteiger partial charge is 0.417 e. The van der Waals surface area contributed by atoms with E-state index in [9.17, 15) is 22.7 Å². The van der Waals surface area contributed by atoms with Gasteiger partial charge in [0.05, 0.1) is 17.8 Å². The third kappa shape index (κ3) is 6.35. The van der Waals surface area contributed by atoms with Crippen molar-refractivity contribution in [2.45, 2.75) is 58.4 Å². The monoisotopic (exact) mass is 503 g/mol. The van der Waals surface area contributed by atoms with E-state index in [1.54, 1.807) is 32.2 Å². The second kappa shape index (κ2) is 10.1. The molecule has 2 aromatic carbocycles. The lowest BCUT2D eigenvalue weighted by Crippen LogP contribution is -2.21. The van der Waals surface area contributed by atoms with Crippen LogP contribution < -0.4 is 9.47 Å². The van der Waals surface area contributed by atoms with Crippen molar-refractivity contribution in [3.63, 3.8) is 0 Å². The van der Waals surface area contributed by atoms with Gasteiger partial charge in [-0.3, -0.25) is 0 Å². The van der Waals surface area contributed by atoms with Crippen LogP contribution in [-0.2, 0) is 25.6 Å². The maximum atomic E-state index is 14.7. The summed E-state index contributed by atoms with van der Waals surface area (Å²) in [5.74, 6) is 0.299. The van der Waals surface area contributed by atoms with Crippen LogP contribution in [0.5, 0.6) is 11.6 Å². The van der Waals surface area contributed by atoms with Crippen molar-refractivity contribution in [2.24, 2.45) is 5.92 Å². The summed E-state index contributed by atoms with van der Waals surface area (Å²) in [6, 6.07) is 9.60. The van der Waals surface area contributed by atoms with Crippen LogP contribution in [0.25, 0.3) is 11.1 Å². The SMILES string of the molecule is CC1Cc2cnc(OCc3cc(-c4ccc(OCCC(C)(C)O)cc4)c(C(F)(F)F)cc3F)cc2C1. The third-order valence-corrected chi connectivity index (χ3v) is 6.21. The molecule has 8 heteroatoms. The van der Waals surface area contributed by atoms with Gasteiger partial charge < -0.3 is 14.6 Å². The van der Waals surface area contributed by atoms with Gasteiger partial charge in [0.1, 0.15) is 18.2 Å². The van der Waals surface area contributed by atoms with Crippen molar-refractivity contribution >= 4 is 0 Å². The molecule has 0 amide bonds. The minimum atomic E-state index is -4.74. The Kier molecular flexibility index (Phi) is 7.27. The Morgan fingerprint density at radius 1 is 1.00 bits per heavy atom. The highest BCUT2D eigenvalue weighted by molar-refractivity contribution is 5.69. The average Bonchev–Trinajstić information content (AvgIpc) is 3.16. The summed E-state index contributed by atoms with van der Waals surface area (Å²) < 4.78 is 67.2. The van der Waals surface area contributed by atoms with Crippen molar-refractivity contribution in [1.29, 1.82) is 0 Å². The Bertz CT molecular complexity index is 1220. The number of aliphatic hydroxyl groups is 1. The zero-order chi connectivity index (χ0) is 26.1. The Labute approximate surface area is 207 Å². The Balaban J connectivity index is 1.55. The molecular formula is C28H29F4NO3. The Morgan fingerprint density at radius 3 is 2.36 bits per heavy atom. The summed E-state index contributed by atoms with van der Waals surface area (Å²) in [6.45, 7) is 5.47. The van der Waals surface area contributed by atoms with E-state index in [2.05, 4.69) is 11.9 Å². The van der Waals surface area contributed by atoms with Crippen molar-refractivity contribution in [3.05, 3.63) is 76.7 Å². The number of rotatable bonds is 8. The van der Waals surface area contributed by atoms with Crippen LogP contribution in [-0.4, -0.2) is 22.3 Å². The molecule has 3 aromatic rings. The molecule has 0 bridgehead atoms. The number of benzene rings is 2. The molecular weight excluding hydrogens is 474 g/mol. The molecule has 0 aliphatic heterocycles. The van der Waals surface area contributed by atoms with E-state index in [1.165, 1.54) is 18.2 Å². The first kappa shape index (κ1) is 25.9. The standard InChI is InChI=1S/C28H29F4NO3/c1-17-10-19-13-26(33-15-20(19)11-17)36-16-21-12-23(24(14-25(21)29)28(30,31)32)18-4-6-22(7-5-18)35-9-8-27(2,3)34/h4-7,12-15,17,34H,8-11,16H2,1-3H3. The van der Waals surface area contributed by atoms with Gasteiger partial charge in [0, 0.05) is 24.2 Å². The molecule has 4 nitrogen and oxygen atoms in total. The molecule has 0 fully saturated rings. The summed E-state index contributed by atoms with van der Waals surface area (Å²) in [6.07, 6.45) is -0.747. The van der Waals surface area contributed by atoms with E-state index >= 15 is 0 Å². The van der Waals surface area contributed by atoms with Gasteiger partial charge in [0.25, 0.3) is 0 Å². The fourth-order valence-electron chi connectivity index (χ4n) is 4.28. The Hall–Kier alpha value is -3.13. The van der Waals surface area contributed by atoms with E-state index in [-0.39, 0.29) is 29.9 Å². The van der Waals surface area contributed by atoms with E-state index in [0.29, 0.717) is 30.0 Å². The number of hydrogen-bond acceptors (Lipinski definition) is 4. The molecule has 1 aromatic heterocycles. The zero-order valence-electron chi connectivity index (χ0n) is 20.5. The fourth-order valence-corrected chi connectivity index (χ4v) is 4.28. The highest BCUT2D eigenvalue weighted by Crippen LogP contribution is 2.39. The van der Waals surface area contributed by atoms with E-state index < -0.39 is 23.2 Å². The number of hydrogen-bond donors (Lipinski definition) is 1. The summed E-state index contributed by atoms with van der Waals surface area (Å²) in [4.78, 5) is 4.26. The molecule has 1 unspecified atom stereocenters. The average molecular weight is 504 g/mol. The molecule has 192 valence electrons. The topological polar surface area (TPSA) is 51.6 Å². The van der Waals surface area contributed by atoms with E-state index in [0.717, 1.165) is 24.0 Å². The van der Waals surface area contributed by atoms with Gasteiger partial charge >= 0.3 is 6.18 Å². The highest BCUT2D eigenvalue weighted by atomic mass is 19.4. The number of halogens is 4. The summed E-state index contributed by atoms with van der Waals surface area (Å²) in [5.41, 5.74) is 0.450. The van der Waals surface area contributed by atoms with Gasteiger partial charge in [-0.1, -0.05) is 19.1 Å². The van der Waals surface area contributed by atoms with Crippen LogP contribution in [0, 0.1) is 11.7 Å². The summed E-state index contributed by atoms with van der Waals surface area (Å²) >= 11 is 0. The lowest BCUT2D eigenvalue weighted by molar-refractivity contribution is -0.137. The lowest BCUT2D eigenvalue weighted by atomic mass is 9.96. The van der Waals surface area contributed by atoms with E-state index in [1.807, 2.05) is 6.07 Å². The molecule has 1 atom stereocenters. The molecule has 0 saturated carbocycles. The van der Waals surface area contributed by atoms with Gasteiger partial charge in [-0.25, -0.2) is 9.37 Å². The largest absolute Gasteiger partial charge is 0.493 e. The van der Waals surface area contributed by atoms with Gasteiger partial charge in [-0.15, -0.1) is 0 Å². The fraction of sp³-hybridized carbons (Fsp3) is 0.393. The number of alkyl halides is 3. The maximum absolute atomic E-state index is 14.7. The number of nitrogens with zero attached hydrogens (tertiary/aromatic N) is 1. The van der Waals surface area contributed by atoms with Gasteiger partial charge in [-0.2, -0.15) is 13.2 Å². The number of pyridine rings is 1. The van der Waals surface area contributed by atoms with Crippen molar-refractivity contribution < 1.29 is 32.1 Å². The first-order valence-corrected chi connectivity index (χ1v) is 11.8. The second-order valence-electron chi connectivity index (χ2n) is 10.0. The van der Waals surface area contributed by atoms with Crippen LogP contribution in [0.4, 0.5) is 17.6 Å². The summed E-state index contributed by atoms with van der Waals surface area (Å²) in [5, 5.41) is 9.78. The molecule has 1 heterocycles. The molecule has 0 radical (unpaired) electrons. The predicted octanol–water partition coefficient (Wildman–Crippen LogP) is 6.76. The summed E-state index contributed by atoms with van der Waals surface area (Å²) in [7, 11) is 0. The Morgan fingerprint density at radius 2 is 1.69 bits per heavy atom. The number of aromatic nitrogens is 1. The third-order valence-electron chi connectivity index (χ3n) is 6.21. The second-order valence-corrected chi connectivity index (χ2v) is 10.0. The maximum Gasteiger partial charge on any atom is 0.417 e. The molecule has 1 N–H and O–H groups in total. The van der Waals surface area contributed by atoms with Gasteiger partial charge in [0.15, 0.2) is 0 Å². The zero-order valence-corrected chi connectivity index (χ0v) is 20.5. The van der Waals surface area contributed by atoms with Gasteiger partial charge in [0.2, 0.25) is 5.88 Å². The molecule has 4 rings (SSSR count). The minimum Gasteiger partial charge on any atom is -0.493 e. The first-order valence-electron chi connectivity index (χ1n) is 11.8. The normalized spacial score (nSPS) is 15.6. The van der Waals surface area contributed by atoms with Crippen LogP contribution in [0.1, 0.15) is 49.4 Å². The van der Waals surface area contributed by atoms with Crippen LogP contribution >= 0.6 is 0 Å². The van der Waals surface area contributed by atoms with Gasteiger partial charge in [-0.05, 0) is 79.1 Å². The predicted molar refractivity (Wildman–Crippen MR) is 128 cm³/mol. The minimum absolute atomic E-state index is 0.000768. The molecule has 36 heavy (non-hydrogen) atoms. The first-order chi connectivity index (χ1) is 16.9.